The molecule has 4 unspecified atom stereocenters. The van der Waals surface area contributed by atoms with E-state index in [2.05, 4.69) is 58.4 Å². The van der Waals surface area contributed by atoms with Crippen LogP contribution in [0.15, 0.2) is 72.9 Å². The number of hydrogen-bond donors (Lipinski definition) is 1. The standard InChI is InChI=1S/C14H22O4S2.C11H16O5.C10H16.2C6H10O2/c1-11(2)13(15)17-5-7-19-9-10-20-8-6-18-14(16)12(3)4;1-7(2)10(13)15-5-9(12)6-16-11(14)8(3)4;1-2-9-7-4-5-8(6-7)10(9)3-1;2*1-4-8-6(7)5(2)3/h1,3,5-10H2,2,4H3;9,12H,1,3,5-6H2,2,4H3;7-10H,1-6H2;2*2,4H2,1,3H3. The first-order valence-corrected chi connectivity index (χ1v) is 23.2. The molecule has 0 aliphatic heterocycles. The predicted molar refractivity (Wildman–Crippen MR) is 248 cm³/mol. The van der Waals surface area contributed by atoms with E-state index in [0.29, 0.717) is 48.7 Å². The molecule has 0 aromatic rings. The Morgan fingerprint density at radius 2 is 0.774 bits per heavy atom. The van der Waals surface area contributed by atoms with Gasteiger partial charge in [-0.2, -0.15) is 23.5 Å². The highest BCUT2D eigenvalue weighted by Gasteiger charge is 2.48. The lowest BCUT2D eigenvalue weighted by Crippen LogP contribution is -2.25. The summed E-state index contributed by atoms with van der Waals surface area (Å²) in [6.45, 7) is 34.8. The van der Waals surface area contributed by atoms with Gasteiger partial charge in [-0.15, -0.1) is 0 Å². The molecule has 3 aliphatic rings. The Morgan fingerprint density at radius 1 is 0.484 bits per heavy atom. The van der Waals surface area contributed by atoms with Crippen molar-refractivity contribution in [1.29, 1.82) is 0 Å². The number of aliphatic hydroxyl groups excluding tert-OH is 1. The van der Waals surface area contributed by atoms with Crippen LogP contribution in [0.2, 0.25) is 0 Å². The summed E-state index contributed by atoms with van der Waals surface area (Å²) in [4.78, 5) is 64.9. The van der Waals surface area contributed by atoms with Crippen molar-refractivity contribution >= 4 is 59.3 Å². The van der Waals surface area contributed by atoms with Crippen LogP contribution in [0, 0.1) is 23.7 Å². The molecule has 3 rings (SSSR count). The summed E-state index contributed by atoms with van der Waals surface area (Å²) < 4.78 is 28.4. The van der Waals surface area contributed by atoms with Gasteiger partial charge in [0.2, 0.25) is 0 Å². The van der Waals surface area contributed by atoms with Crippen LogP contribution in [0.5, 0.6) is 0 Å². The van der Waals surface area contributed by atoms with Gasteiger partial charge >= 0.3 is 35.8 Å². The molecule has 0 amide bonds. The smallest absolute Gasteiger partial charge is 0.333 e. The van der Waals surface area contributed by atoms with Gasteiger partial charge in [-0.1, -0.05) is 45.9 Å². The van der Waals surface area contributed by atoms with E-state index in [9.17, 15) is 33.9 Å². The number of fused-ring (bicyclic) bond motifs is 5. The Labute approximate surface area is 379 Å². The predicted octanol–water partition coefficient (Wildman–Crippen LogP) is 8.36. The maximum absolute atomic E-state index is 11.1. The first-order chi connectivity index (χ1) is 29.1. The second kappa shape index (κ2) is 35.4. The van der Waals surface area contributed by atoms with Crippen molar-refractivity contribution in [2.45, 2.75) is 100 Å². The molecular weight excluding hydrogens is 837 g/mol. The van der Waals surface area contributed by atoms with Gasteiger partial charge in [0.05, 0.1) is 13.2 Å². The molecule has 0 aromatic carbocycles. The van der Waals surface area contributed by atoms with E-state index >= 15 is 0 Å². The third-order valence-electron chi connectivity index (χ3n) is 9.10. The lowest BCUT2D eigenvalue weighted by Gasteiger charge is -2.23. The van der Waals surface area contributed by atoms with Crippen LogP contribution in [0.4, 0.5) is 0 Å². The molecule has 352 valence electrons. The third-order valence-corrected chi connectivity index (χ3v) is 11.3. The number of thioether (sulfide) groups is 2. The maximum Gasteiger partial charge on any atom is 0.333 e. The van der Waals surface area contributed by atoms with Gasteiger partial charge in [0.25, 0.3) is 0 Å². The average Bonchev–Trinajstić information content (AvgIpc) is 3.98. The van der Waals surface area contributed by atoms with Crippen molar-refractivity contribution in [2.75, 3.05) is 62.7 Å². The van der Waals surface area contributed by atoms with E-state index in [1.165, 1.54) is 37.5 Å². The highest BCUT2D eigenvalue weighted by atomic mass is 32.2. The number of rotatable bonds is 21. The number of carbonyl (C=O) groups excluding carboxylic acids is 6. The van der Waals surface area contributed by atoms with E-state index in [4.69, 9.17) is 9.47 Å². The Morgan fingerprint density at radius 3 is 1.05 bits per heavy atom. The van der Waals surface area contributed by atoms with Gasteiger partial charge in [0.1, 0.15) is 32.5 Å². The molecule has 3 aliphatic carbocycles. The second-order valence-electron chi connectivity index (χ2n) is 15.1. The topological polar surface area (TPSA) is 178 Å². The molecule has 0 radical (unpaired) electrons. The van der Waals surface area contributed by atoms with Crippen LogP contribution in [-0.4, -0.2) is 110 Å². The number of hydrogen-bond acceptors (Lipinski definition) is 15. The van der Waals surface area contributed by atoms with E-state index < -0.39 is 18.0 Å². The summed E-state index contributed by atoms with van der Waals surface area (Å²) in [6, 6.07) is 0. The molecule has 0 saturated heterocycles. The fraction of sp³-hybridized carbons (Fsp3) is 0.617. The van der Waals surface area contributed by atoms with Crippen LogP contribution in [0.3, 0.4) is 0 Å². The Balaban J connectivity index is 0. The summed E-state index contributed by atoms with van der Waals surface area (Å²) in [5.74, 6) is 5.84. The monoisotopic (exact) mass is 910 g/mol. The van der Waals surface area contributed by atoms with Gasteiger partial charge in [-0.05, 0) is 111 Å². The molecule has 0 heterocycles. The number of ether oxygens (including phenoxy) is 6. The van der Waals surface area contributed by atoms with Crippen LogP contribution in [0.1, 0.15) is 93.9 Å². The molecule has 3 fully saturated rings. The van der Waals surface area contributed by atoms with Gasteiger partial charge in [0.15, 0.2) is 0 Å². The van der Waals surface area contributed by atoms with E-state index in [1.54, 1.807) is 104 Å². The summed E-state index contributed by atoms with van der Waals surface area (Å²) in [5.41, 5.74) is 2.24. The Hall–Kier alpha value is -4.08. The minimum atomic E-state index is -1.05. The largest absolute Gasteiger partial charge is 0.463 e. The minimum absolute atomic E-state index is 0.241. The van der Waals surface area contributed by atoms with Crippen LogP contribution >= 0.6 is 23.5 Å². The van der Waals surface area contributed by atoms with Crippen LogP contribution in [-0.2, 0) is 57.2 Å². The molecule has 1 N–H and O–H groups in total. The lowest BCUT2D eigenvalue weighted by molar-refractivity contribution is -0.147. The quantitative estimate of drug-likeness (QED) is 0.0502. The van der Waals surface area contributed by atoms with Gasteiger partial charge in [0, 0.05) is 56.5 Å². The van der Waals surface area contributed by atoms with Gasteiger partial charge in [-0.25, -0.2) is 28.8 Å². The molecule has 0 spiro atoms. The molecule has 62 heavy (non-hydrogen) atoms. The normalized spacial score (nSPS) is 17.1. The molecule has 2 bridgehead atoms. The van der Waals surface area contributed by atoms with Crippen molar-refractivity contribution in [3.63, 3.8) is 0 Å². The zero-order valence-electron chi connectivity index (χ0n) is 38.6. The lowest BCUT2D eigenvalue weighted by atomic mass is 9.82. The van der Waals surface area contributed by atoms with Crippen molar-refractivity contribution in [3.05, 3.63) is 72.9 Å². The molecule has 0 aromatic heterocycles. The van der Waals surface area contributed by atoms with Gasteiger partial charge < -0.3 is 33.5 Å². The molecule has 4 atom stereocenters. The highest BCUT2D eigenvalue weighted by Crippen LogP contribution is 2.58. The second-order valence-corrected chi connectivity index (χ2v) is 17.5. The molecule has 3 saturated carbocycles. The van der Waals surface area contributed by atoms with Crippen molar-refractivity contribution in [1.82, 2.24) is 0 Å². The maximum atomic E-state index is 11.1. The van der Waals surface area contributed by atoms with E-state index in [-0.39, 0.29) is 48.2 Å². The Kier molecular flexibility index (Phi) is 34.3. The third kappa shape index (κ3) is 29.3. The first kappa shape index (κ1) is 60.0. The number of aliphatic hydroxyl groups is 1. The van der Waals surface area contributed by atoms with Crippen molar-refractivity contribution < 1.29 is 62.3 Å². The SMILES string of the molecule is C1CC2C3CCC(C3)C2C1.C=C(C)C(=O)OCC.C=C(C)C(=O)OCC.C=C(C)C(=O)OCC(O)COC(=O)C(=C)C.C=C(C)C(=O)OCCSCCSCCOC(=O)C(=C)C. The summed E-state index contributed by atoms with van der Waals surface area (Å²) >= 11 is 3.45. The van der Waals surface area contributed by atoms with E-state index in [0.717, 1.165) is 23.0 Å². The summed E-state index contributed by atoms with van der Waals surface area (Å²) in [6.07, 6.45) is 8.49. The molecular formula is C47H74O13S2. The fourth-order valence-corrected chi connectivity index (χ4v) is 7.87. The molecule has 15 heteroatoms. The number of esters is 6. The zero-order chi connectivity index (χ0) is 47.8. The first-order valence-electron chi connectivity index (χ1n) is 20.9. The highest BCUT2D eigenvalue weighted by molar-refractivity contribution is 8.02. The average molecular weight is 911 g/mol. The molecule has 13 nitrogen and oxygen atoms in total. The van der Waals surface area contributed by atoms with Crippen LogP contribution < -0.4 is 0 Å². The fourth-order valence-electron chi connectivity index (χ4n) is 6.12. The summed E-state index contributed by atoms with van der Waals surface area (Å²) in [5, 5.41) is 9.30. The van der Waals surface area contributed by atoms with Gasteiger partial charge in [-0.3, -0.25) is 0 Å². The zero-order valence-corrected chi connectivity index (χ0v) is 40.2. The summed E-state index contributed by atoms with van der Waals surface area (Å²) in [7, 11) is 0. The van der Waals surface area contributed by atoms with Crippen molar-refractivity contribution in [2.24, 2.45) is 23.7 Å². The van der Waals surface area contributed by atoms with Crippen molar-refractivity contribution in [3.8, 4) is 0 Å². The Bertz CT molecular complexity index is 1410. The minimum Gasteiger partial charge on any atom is -0.463 e. The van der Waals surface area contributed by atoms with E-state index in [1.807, 2.05) is 0 Å². The number of carbonyl (C=O) groups is 6. The van der Waals surface area contributed by atoms with Crippen LogP contribution in [0.25, 0.3) is 0 Å².